The van der Waals surface area contributed by atoms with E-state index < -0.39 is 0 Å². The fraction of sp³-hybridized carbons (Fsp3) is 0.565. The van der Waals surface area contributed by atoms with E-state index in [1.54, 1.807) is 0 Å². The molecule has 0 aliphatic carbocycles. The van der Waals surface area contributed by atoms with Crippen LogP contribution >= 0.6 is 0 Å². The van der Waals surface area contributed by atoms with Crippen molar-refractivity contribution in [2.75, 3.05) is 33.7 Å². The second kappa shape index (κ2) is 12.2. The molecule has 0 aromatic heterocycles. The van der Waals surface area contributed by atoms with Gasteiger partial charge in [-0.1, -0.05) is 24.6 Å². The molecule has 2 rings (SSSR count). The molecule has 0 radical (unpaired) electrons. The standard InChI is InChI=1S/C23H36N4O/c1-4-5-6-7-9-16-26(3)23(24-2)25-19-20-12-14-21(15-13-20)22(28)27-17-10-8-11-18-27/h4,12-15H,1,5-11,16-19H2,2-3H3,(H,24,25). The van der Waals surface area contributed by atoms with Crippen molar-refractivity contribution >= 4 is 11.9 Å². The van der Waals surface area contributed by atoms with E-state index in [9.17, 15) is 4.79 Å². The maximum absolute atomic E-state index is 12.6. The molecule has 0 unspecified atom stereocenters. The molecule has 1 N–H and O–H groups in total. The summed E-state index contributed by atoms with van der Waals surface area (Å²) in [5, 5.41) is 3.41. The van der Waals surface area contributed by atoms with E-state index in [0.717, 1.165) is 62.4 Å². The normalized spacial score (nSPS) is 14.6. The summed E-state index contributed by atoms with van der Waals surface area (Å²) in [7, 11) is 3.89. The number of carbonyl (C=O) groups excluding carboxylic acids is 1. The maximum atomic E-state index is 12.6. The van der Waals surface area contributed by atoms with E-state index >= 15 is 0 Å². The number of unbranched alkanes of at least 4 members (excludes halogenated alkanes) is 3. The molecule has 0 spiro atoms. The minimum atomic E-state index is 0.159. The summed E-state index contributed by atoms with van der Waals surface area (Å²) in [6.07, 6.45) is 10.1. The van der Waals surface area contributed by atoms with Crippen LogP contribution in [0.4, 0.5) is 0 Å². The Morgan fingerprint density at radius 3 is 2.54 bits per heavy atom. The summed E-state index contributed by atoms with van der Waals surface area (Å²) in [6.45, 7) is 7.23. The largest absolute Gasteiger partial charge is 0.352 e. The lowest BCUT2D eigenvalue weighted by atomic mass is 10.1. The molecule has 1 heterocycles. The van der Waals surface area contributed by atoms with Crippen molar-refractivity contribution in [2.24, 2.45) is 4.99 Å². The Morgan fingerprint density at radius 2 is 1.89 bits per heavy atom. The summed E-state index contributed by atoms with van der Waals surface area (Å²) >= 11 is 0. The van der Waals surface area contributed by atoms with Crippen molar-refractivity contribution in [1.82, 2.24) is 15.1 Å². The monoisotopic (exact) mass is 384 g/mol. The highest BCUT2D eigenvalue weighted by atomic mass is 16.2. The molecule has 1 saturated heterocycles. The number of aliphatic imine (C=N–C) groups is 1. The van der Waals surface area contributed by atoms with E-state index in [1.165, 1.54) is 19.3 Å². The smallest absolute Gasteiger partial charge is 0.253 e. The fourth-order valence-corrected chi connectivity index (χ4v) is 3.53. The molecule has 28 heavy (non-hydrogen) atoms. The quantitative estimate of drug-likeness (QED) is 0.302. The van der Waals surface area contributed by atoms with Gasteiger partial charge < -0.3 is 15.1 Å². The molecule has 1 aliphatic heterocycles. The Kier molecular flexibility index (Phi) is 9.60. The molecule has 154 valence electrons. The number of likely N-dealkylation sites (tertiary alicyclic amines) is 1. The number of hydrogen-bond donors (Lipinski definition) is 1. The van der Waals surface area contributed by atoms with Crippen LogP contribution < -0.4 is 5.32 Å². The van der Waals surface area contributed by atoms with Gasteiger partial charge in [0.25, 0.3) is 5.91 Å². The van der Waals surface area contributed by atoms with Gasteiger partial charge in [0.15, 0.2) is 5.96 Å². The zero-order valence-corrected chi connectivity index (χ0v) is 17.6. The zero-order valence-electron chi connectivity index (χ0n) is 17.6. The van der Waals surface area contributed by atoms with Gasteiger partial charge in [0.1, 0.15) is 0 Å². The van der Waals surface area contributed by atoms with Crippen LogP contribution in [0.1, 0.15) is 60.9 Å². The summed E-state index contributed by atoms with van der Waals surface area (Å²) in [5.41, 5.74) is 1.93. The van der Waals surface area contributed by atoms with E-state index in [2.05, 4.69) is 28.8 Å². The molecule has 1 aromatic rings. The first-order chi connectivity index (χ1) is 13.7. The number of nitrogens with zero attached hydrogens (tertiary/aromatic N) is 3. The van der Waals surface area contributed by atoms with Gasteiger partial charge in [-0.25, -0.2) is 0 Å². The van der Waals surface area contributed by atoms with Gasteiger partial charge >= 0.3 is 0 Å². The average molecular weight is 385 g/mol. The van der Waals surface area contributed by atoms with Gasteiger partial charge in [-0.15, -0.1) is 6.58 Å². The first-order valence-corrected chi connectivity index (χ1v) is 10.6. The fourth-order valence-electron chi connectivity index (χ4n) is 3.53. The van der Waals surface area contributed by atoms with E-state index in [0.29, 0.717) is 6.54 Å². The molecule has 0 bridgehead atoms. The van der Waals surface area contributed by atoms with Crippen LogP contribution in [-0.2, 0) is 6.54 Å². The van der Waals surface area contributed by atoms with E-state index in [4.69, 9.17) is 0 Å². The molecule has 5 nitrogen and oxygen atoms in total. The highest BCUT2D eigenvalue weighted by Crippen LogP contribution is 2.14. The SMILES string of the molecule is C=CCCCCCN(C)C(=NC)NCc1ccc(C(=O)N2CCCCC2)cc1. The van der Waals surface area contributed by atoms with Crippen LogP contribution in [0.25, 0.3) is 0 Å². The minimum Gasteiger partial charge on any atom is -0.352 e. The first kappa shape index (κ1) is 22.0. The molecule has 0 atom stereocenters. The van der Waals surface area contributed by atoms with Gasteiger partial charge in [-0.3, -0.25) is 9.79 Å². The predicted octanol–water partition coefficient (Wildman–Crippen LogP) is 4.07. The second-order valence-electron chi connectivity index (χ2n) is 7.51. The molecule has 1 amide bonds. The van der Waals surface area contributed by atoms with Crippen molar-refractivity contribution < 1.29 is 4.79 Å². The molecule has 1 fully saturated rings. The van der Waals surface area contributed by atoms with Gasteiger partial charge in [-0.05, 0) is 56.2 Å². The summed E-state index contributed by atoms with van der Waals surface area (Å²) in [4.78, 5) is 21.1. The summed E-state index contributed by atoms with van der Waals surface area (Å²) in [5.74, 6) is 1.06. The van der Waals surface area contributed by atoms with Gasteiger partial charge in [-0.2, -0.15) is 0 Å². The molecule has 1 aromatic carbocycles. The Labute approximate surface area is 170 Å². The number of allylic oxidation sites excluding steroid dienone is 1. The van der Waals surface area contributed by atoms with Crippen molar-refractivity contribution in [1.29, 1.82) is 0 Å². The lowest BCUT2D eigenvalue weighted by molar-refractivity contribution is 0.0724. The van der Waals surface area contributed by atoms with Crippen LogP contribution in [-0.4, -0.2) is 55.4 Å². The third-order valence-electron chi connectivity index (χ3n) is 5.27. The first-order valence-electron chi connectivity index (χ1n) is 10.6. The average Bonchev–Trinajstić information content (AvgIpc) is 2.74. The molecular formula is C23H36N4O. The Balaban J connectivity index is 1.79. The van der Waals surface area contributed by atoms with Crippen molar-refractivity contribution in [3.63, 3.8) is 0 Å². The minimum absolute atomic E-state index is 0.159. The highest BCUT2D eigenvalue weighted by Gasteiger charge is 2.17. The number of rotatable bonds is 9. The highest BCUT2D eigenvalue weighted by molar-refractivity contribution is 5.94. The number of guanidine groups is 1. The van der Waals surface area contributed by atoms with Crippen LogP contribution in [0.5, 0.6) is 0 Å². The zero-order chi connectivity index (χ0) is 20.2. The maximum Gasteiger partial charge on any atom is 0.253 e. The van der Waals surface area contributed by atoms with E-state index in [1.807, 2.05) is 42.3 Å². The Bertz CT molecular complexity index is 633. The van der Waals surface area contributed by atoms with Gasteiger partial charge in [0, 0.05) is 45.8 Å². The Morgan fingerprint density at radius 1 is 1.18 bits per heavy atom. The molecule has 0 saturated carbocycles. The van der Waals surface area contributed by atoms with Crippen LogP contribution in [0.3, 0.4) is 0 Å². The number of piperidine rings is 1. The van der Waals surface area contributed by atoms with Crippen LogP contribution in [0, 0.1) is 0 Å². The number of hydrogen-bond acceptors (Lipinski definition) is 2. The Hall–Kier alpha value is -2.30. The number of benzene rings is 1. The van der Waals surface area contributed by atoms with Crippen molar-refractivity contribution in [3.05, 3.63) is 48.0 Å². The number of carbonyl (C=O) groups is 1. The lowest BCUT2D eigenvalue weighted by Crippen LogP contribution is -2.39. The van der Waals surface area contributed by atoms with Crippen molar-refractivity contribution in [3.8, 4) is 0 Å². The molecule has 1 aliphatic rings. The number of nitrogens with one attached hydrogen (secondary N) is 1. The second-order valence-corrected chi connectivity index (χ2v) is 7.51. The molecule has 5 heteroatoms. The van der Waals surface area contributed by atoms with Gasteiger partial charge in [0.2, 0.25) is 0 Å². The lowest BCUT2D eigenvalue weighted by Gasteiger charge is -2.26. The third-order valence-corrected chi connectivity index (χ3v) is 5.27. The summed E-state index contributed by atoms with van der Waals surface area (Å²) < 4.78 is 0. The predicted molar refractivity (Wildman–Crippen MR) is 118 cm³/mol. The van der Waals surface area contributed by atoms with Crippen LogP contribution in [0.2, 0.25) is 0 Å². The van der Waals surface area contributed by atoms with Crippen LogP contribution in [0.15, 0.2) is 41.9 Å². The molecular weight excluding hydrogens is 348 g/mol. The van der Waals surface area contributed by atoms with Gasteiger partial charge in [0.05, 0.1) is 0 Å². The van der Waals surface area contributed by atoms with E-state index in [-0.39, 0.29) is 5.91 Å². The third kappa shape index (κ3) is 7.02. The summed E-state index contributed by atoms with van der Waals surface area (Å²) in [6, 6.07) is 7.96. The van der Waals surface area contributed by atoms with Crippen molar-refractivity contribution in [2.45, 2.75) is 51.5 Å². The number of amides is 1. The topological polar surface area (TPSA) is 47.9 Å².